The molecule has 116 valence electrons. The van der Waals surface area contributed by atoms with Crippen LogP contribution in [0.1, 0.15) is 44.2 Å². The van der Waals surface area contributed by atoms with E-state index < -0.39 is 0 Å². The molecule has 4 heteroatoms. The summed E-state index contributed by atoms with van der Waals surface area (Å²) in [6, 6.07) is 8.11. The van der Waals surface area contributed by atoms with Gasteiger partial charge in [0.05, 0.1) is 0 Å². The molecule has 2 fully saturated rings. The molecule has 2 nitrogen and oxygen atoms in total. The number of piperidine rings is 1. The molecule has 2 bridgehead atoms. The number of rotatable bonds is 4. The van der Waals surface area contributed by atoms with Crippen LogP contribution >= 0.6 is 27.5 Å². The highest BCUT2D eigenvalue weighted by atomic mass is 79.9. The SMILES string of the molecule is CC(NCC1CC2CCC(C1)N2C)c1ccc(Br)cc1Cl. The van der Waals surface area contributed by atoms with Crippen LogP contribution < -0.4 is 5.32 Å². The van der Waals surface area contributed by atoms with Crippen molar-refractivity contribution in [3.8, 4) is 0 Å². The van der Waals surface area contributed by atoms with Crippen molar-refractivity contribution in [1.29, 1.82) is 0 Å². The van der Waals surface area contributed by atoms with E-state index in [1.165, 1.54) is 31.2 Å². The van der Waals surface area contributed by atoms with Gasteiger partial charge in [-0.15, -0.1) is 0 Å². The van der Waals surface area contributed by atoms with Crippen LogP contribution in [0.2, 0.25) is 5.02 Å². The second kappa shape index (κ2) is 6.57. The van der Waals surface area contributed by atoms with Crippen molar-refractivity contribution >= 4 is 27.5 Å². The van der Waals surface area contributed by atoms with Crippen molar-refractivity contribution in [2.24, 2.45) is 5.92 Å². The predicted molar refractivity (Wildman–Crippen MR) is 92.9 cm³/mol. The molecule has 2 aliphatic heterocycles. The number of hydrogen-bond acceptors (Lipinski definition) is 2. The minimum absolute atomic E-state index is 0.308. The maximum absolute atomic E-state index is 6.34. The summed E-state index contributed by atoms with van der Waals surface area (Å²) in [4.78, 5) is 2.60. The quantitative estimate of drug-likeness (QED) is 0.830. The normalized spacial score (nSPS) is 30.6. The van der Waals surface area contributed by atoms with Crippen molar-refractivity contribution in [3.05, 3.63) is 33.3 Å². The highest BCUT2D eigenvalue weighted by molar-refractivity contribution is 9.10. The summed E-state index contributed by atoms with van der Waals surface area (Å²) in [7, 11) is 2.30. The first-order valence-corrected chi connectivity index (χ1v) is 9.12. The average Bonchev–Trinajstić information content (AvgIpc) is 2.67. The molecule has 1 N–H and O–H groups in total. The molecule has 2 saturated heterocycles. The highest BCUT2D eigenvalue weighted by Gasteiger charge is 2.38. The largest absolute Gasteiger partial charge is 0.310 e. The molecule has 0 saturated carbocycles. The molecule has 2 aliphatic rings. The lowest BCUT2D eigenvalue weighted by Crippen LogP contribution is -2.42. The van der Waals surface area contributed by atoms with Gasteiger partial charge in [-0.05, 0) is 69.8 Å². The molecule has 0 amide bonds. The number of nitrogens with zero attached hydrogens (tertiary/aromatic N) is 1. The Hall–Kier alpha value is -0.0900. The van der Waals surface area contributed by atoms with Gasteiger partial charge in [-0.1, -0.05) is 33.6 Å². The molecular weight excluding hydrogens is 348 g/mol. The molecule has 0 aromatic heterocycles. The van der Waals surface area contributed by atoms with E-state index in [-0.39, 0.29) is 0 Å². The fourth-order valence-corrected chi connectivity index (χ4v) is 4.83. The van der Waals surface area contributed by atoms with Gasteiger partial charge in [0, 0.05) is 27.6 Å². The molecule has 3 unspecified atom stereocenters. The number of fused-ring (bicyclic) bond motifs is 2. The van der Waals surface area contributed by atoms with Gasteiger partial charge in [0.25, 0.3) is 0 Å². The minimum atomic E-state index is 0.308. The topological polar surface area (TPSA) is 15.3 Å². The fraction of sp³-hybridized carbons (Fsp3) is 0.647. The number of hydrogen-bond donors (Lipinski definition) is 1. The minimum Gasteiger partial charge on any atom is -0.310 e. The van der Waals surface area contributed by atoms with Gasteiger partial charge in [0.2, 0.25) is 0 Å². The van der Waals surface area contributed by atoms with Gasteiger partial charge in [-0.25, -0.2) is 0 Å². The summed E-state index contributed by atoms with van der Waals surface area (Å²) in [6.07, 6.45) is 5.49. The molecule has 3 rings (SSSR count). The number of halogens is 2. The van der Waals surface area contributed by atoms with E-state index >= 15 is 0 Å². The van der Waals surface area contributed by atoms with Crippen LogP contribution in [0.3, 0.4) is 0 Å². The van der Waals surface area contributed by atoms with Crippen LogP contribution in [0.4, 0.5) is 0 Å². The van der Waals surface area contributed by atoms with E-state index in [2.05, 4.69) is 52.3 Å². The van der Waals surface area contributed by atoms with Crippen molar-refractivity contribution in [1.82, 2.24) is 10.2 Å². The smallest absolute Gasteiger partial charge is 0.0464 e. The summed E-state index contributed by atoms with van der Waals surface area (Å²) in [5.74, 6) is 0.815. The van der Waals surface area contributed by atoms with E-state index in [0.717, 1.165) is 34.0 Å². The van der Waals surface area contributed by atoms with E-state index in [0.29, 0.717) is 6.04 Å². The maximum Gasteiger partial charge on any atom is 0.0464 e. The Morgan fingerprint density at radius 2 is 2.00 bits per heavy atom. The molecule has 0 radical (unpaired) electrons. The lowest BCUT2D eigenvalue weighted by molar-refractivity contribution is 0.131. The monoisotopic (exact) mass is 370 g/mol. The predicted octanol–water partition coefficient (Wildman–Crippen LogP) is 4.63. The fourth-order valence-electron chi connectivity index (χ4n) is 4.00. The van der Waals surface area contributed by atoms with Crippen LogP contribution in [-0.2, 0) is 0 Å². The van der Waals surface area contributed by atoms with Crippen molar-refractivity contribution in [2.75, 3.05) is 13.6 Å². The zero-order valence-electron chi connectivity index (χ0n) is 12.8. The molecular formula is C17H24BrClN2. The Bertz CT molecular complexity index is 494. The Labute approximate surface area is 141 Å². The van der Waals surface area contributed by atoms with Crippen LogP contribution in [0.25, 0.3) is 0 Å². The second-order valence-electron chi connectivity index (χ2n) is 6.68. The zero-order chi connectivity index (χ0) is 15.0. The maximum atomic E-state index is 6.34. The van der Waals surface area contributed by atoms with Crippen LogP contribution in [0, 0.1) is 5.92 Å². The second-order valence-corrected chi connectivity index (χ2v) is 8.01. The van der Waals surface area contributed by atoms with Gasteiger partial charge in [0.1, 0.15) is 0 Å². The highest BCUT2D eigenvalue weighted by Crippen LogP contribution is 2.37. The molecule has 21 heavy (non-hydrogen) atoms. The Morgan fingerprint density at radius 1 is 1.33 bits per heavy atom. The number of nitrogens with one attached hydrogen (secondary N) is 1. The molecule has 1 aromatic rings. The Morgan fingerprint density at radius 3 is 2.62 bits per heavy atom. The first kappa shape index (κ1) is 15.8. The van der Waals surface area contributed by atoms with Gasteiger partial charge < -0.3 is 10.2 Å². The van der Waals surface area contributed by atoms with Crippen molar-refractivity contribution < 1.29 is 0 Å². The Balaban J connectivity index is 1.55. The van der Waals surface area contributed by atoms with E-state index in [1.54, 1.807) is 0 Å². The lowest BCUT2D eigenvalue weighted by Gasteiger charge is -2.36. The molecule has 0 aliphatic carbocycles. The van der Waals surface area contributed by atoms with Crippen molar-refractivity contribution in [3.63, 3.8) is 0 Å². The van der Waals surface area contributed by atoms with Crippen LogP contribution in [0.5, 0.6) is 0 Å². The summed E-state index contributed by atoms with van der Waals surface area (Å²) in [5, 5.41) is 4.53. The molecule has 3 atom stereocenters. The van der Waals surface area contributed by atoms with Crippen LogP contribution in [0.15, 0.2) is 22.7 Å². The Kier molecular flexibility index (Phi) is 4.94. The standard InChI is InChI=1S/C17H24BrClN2/c1-11(16-6-3-13(18)9-17(16)19)20-10-12-7-14-4-5-15(8-12)21(14)2/h3,6,9,11-12,14-15,20H,4-5,7-8,10H2,1-2H3. The summed E-state index contributed by atoms with van der Waals surface area (Å²) in [6.45, 7) is 3.31. The number of benzene rings is 1. The van der Waals surface area contributed by atoms with Gasteiger partial charge in [0.15, 0.2) is 0 Å². The zero-order valence-corrected chi connectivity index (χ0v) is 15.1. The first-order valence-electron chi connectivity index (χ1n) is 7.95. The molecule has 2 heterocycles. The van der Waals surface area contributed by atoms with Crippen LogP contribution in [-0.4, -0.2) is 30.6 Å². The molecule has 0 spiro atoms. The molecule has 1 aromatic carbocycles. The van der Waals surface area contributed by atoms with Gasteiger partial charge in [-0.2, -0.15) is 0 Å². The lowest BCUT2D eigenvalue weighted by atomic mass is 9.90. The third-order valence-corrected chi connectivity index (χ3v) is 6.16. The van der Waals surface area contributed by atoms with Crippen molar-refractivity contribution in [2.45, 2.75) is 50.7 Å². The van der Waals surface area contributed by atoms with E-state index in [4.69, 9.17) is 11.6 Å². The third-order valence-electron chi connectivity index (χ3n) is 5.34. The summed E-state index contributed by atoms with van der Waals surface area (Å²) < 4.78 is 1.04. The summed E-state index contributed by atoms with van der Waals surface area (Å²) >= 11 is 9.81. The average molecular weight is 372 g/mol. The van der Waals surface area contributed by atoms with Gasteiger partial charge >= 0.3 is 0 Å². The van der Waals surface area contributed by atoms with E-state index in [1.807, 2.05) is 6.07 Å². The van der Waals surface area contributed by atoms with E-state index in [9.17, 15) is 0 Å². The van der Waals surface area contributed by atoms with Gasteiger partial charge in [-0.3, -0.25) is 0 Å². The first-order chi connectivity index (χ1) is 10.0. The summed E-state index contributed by atoms with van der Waals surface area (Å²) in [5.41, 5.74) is 1.19. The third kappa shape index (κ3) is 3.47.